The van der Waals surface area contributed by atoms with Crippen LogP contribution >= 0.6 is 0 Å². The Balaban J connectivity index is 2.16. The van der Waals surface area contributed by atoms with Crippen molar-refractivity contribution in [3.63, 3.8) is 0 Å². The van der Waals surface area contributed by atoms with E-state index in [0.717, 1.165) is 17.8 Å². The Morgan fingerprint density at radius 1 is 1.30 bits per heavy atom. The summed E-state index contributed by atoms with van der Waals surface area (Å²) in [5.41, 5.74) is 0.640. The van der Waals surface area contributed by atoms with E-state index >= 15 is 0 Å². The lowest BCUT2D eigenvalue weighted by Crippen LogP contribution is -1.97. The van der Waals surface area contributed by atoms with Gasteiger partial charge in [0.05, 0.1) is 0 Å². The second-order valence-corrected chi connectivity index (χ2v) is 4.55. The third-order valence-electron chi connectivity index (χ3n) is 3.41. The van der Waals surface area contributed by atoms with Crippen molar-refractivity contribution < 1.29 is 0 Å². The van der Waals surface area contributed by atoms with Crippen LogP contribution in [0.3, 0.4) is 0 Å². The average Bonchev–Trinajstić information content (AvgIpc) is 2.36. The van der Waals surface area contributed by atoms with E-state index in [-0.39, 0.29) is 0 Å². The van der Waals surface area contributed by atoms with Gasteiger partial charge >= 0.3 is 0 Å². The van der Waals surface area contributed by atoms with E-state index in [0.29, 0.717) is 5.41 Å². The number of allylic oxidation sites excluding steroid dienone is 2. The summed E-state index contributed by atoms with van der Waals surface area (Å²) in [6.07, 6.45) is 6.24. The van der Waals surface area contributed by atoms with Crippen LogP contribution in [0.4, 0.5) is 0 Å². The molecule has 1 fully saturated rings. The highest BCUT2D eigenvalue weighted by Crippen LogP contribution is 2.63. The van der Waals surface area contributed by atoms with E-state index in [9.17, 15) is 0 Å². The van der Waals surface area contributed by atoms with Crippen molar-refractivity contribution in [2.75, 3.05) is 0 Å². The molecule has 10 heavy (non-hydrogen) atoms. The molecule has 0 spiro atoms. The maximum Gasteiger partial charge on any atom is -0.0145 e. The molecule has 0 N–H and O–H groups in total. The van der Waals surface area contributed by atoms with Crippen LogP contribution in [0.2, 0.25) is 0 Å². The van der Waals surface area contributed by atoms with Crippen molar-refractivity contribution in [2.45, 2.75) is 27.2 Å². The molecule has 0 saturated heterocycles. The molecule has 56 valence electrons. The van der Waals surface area contributed by atoms with Crippen molar-refractivity contribution in [3.8, 4) is 0 Å². The molecule has 0 nitrogen and oxygen atoms in total. The smallest absolute Gasteiger partial charge is 0.0145 e. The van der Waals surface area contributed by atoms with Crippen molar-refractivity contribution in [2.24, 2.45) is 23.2 Å². The average molecular weight is 136 g/mol. The summed E-state index contributed by atoms with van der Waals surface area (Å²) in [7, 11) is 0. The summed E-state index contributed by atoms with van der Waals surface area (Å²) < 4.78 is 0. The second kappa shape index (κ2) is 1.66. The summed E-state index contributed by atoms with van der Waals surface area (Å²) in [4.78, 5) is 0. The van der Waals surface area contributed by atoms with Crippen LogP contribution in [0.5, 0.6) is 0 Å². The summed E-state index contributed by atoms with van der Waals surface area (Å²) in [6.45, 7) is 7.11. The molecule has 3 unspecified atom stereocenters. The van der Waals surface area contributed by atoms with Gasteiger partial charge in [-0.3, -0.25) is 0 Å². The van der Waals surface area contributed by atoms with E-state index < -0.39 is 0 Å². The zero-order chi connectivity index (χ0) is 7.35. The number of hydrogen-bond acceptors (Lipinski definition) is 0. The van der Waals surface area contributed by atoms with Gasteiger partial charge in [-0.25, -0.2) is 0 Å². The Hall–Kier alpha value is -0.260. The van der Waals surface area contributed by atoms with Crippen LogP contribution in [0.15, 0.2) is 12.2 Å². The third kappa shape index (κ3) is 0.680. The van der Waals surface area contributed by atoms with Crippen molar-refractivity contribution in [1.82, 2.24) is 0 Å². The molecule has 0 aromatic carbocycles. The van der Waals surface area contributed by atoms with Crippen LogP contribution in [-0.4, -0.2) is 0 Å². The molecule has 2 rings (SSSR count). The zero-order valence-corrected chi connectivity index (χ0v) is 7.09. The van der Waals surface area contributed by atoms with Gasteiger partial charge in [0.25, 0.3) is 0 Å². The SMILES string of the molecule is CC1C=CC2C(C1)C2(C)C. The first-order valence-electron chi connectivity index (χ1n) is 4.30. The fourth-order valence-corrected chi connectivity index (χ4v) is 2.41. The predicted octanol–water partition coefficient (Wildman–Crippen LogP) is 2.85. The molecular formula is C10H16. The third-order valence-corrected chi connectivity index (χ3v) is 3.41. The maximum atomic E-state index is 2.43. The minimum atomic E-state index is 0.640. The maximum absolute atomic E-state index is 2.43. The highest BCUT2D eigenvalue weighted by molar-refractivity contribution is 5.18. The topological polar surface area (TPSA) is 0 Å². The Kier molecular flexibility index (Phi) is 1.07. The van der Waals surface area contributed by atoms with Gasteiger partial charge in [0, 0.05) is 0 Å². The quantitative estimate of drug-likeness (QED) is 0.449. The molecule has 0 radical (unpaired) electrons. The van der Waals surface area contributed by atoms with E-state index in [2.05, 4.69) is 32.9 Å². The first-order valence-corrected chi connectivity index (χ1v) is 4.30. The van der Waals surface area contributed by atoms with E-state index in [1.165, 1.54) is 6.42 Å². The van der Waals surface area contributed by atoms with Gasteiger partial charge in [0.15, 0.2) is 0 Å². The number of hydrogen-bond donors (Lipinski definition) is 0. The normalized spacial score (nSPS) is 48.5. The van der Waals surface area contributed by atoms with Crippen LogP contribution in [0, 0.1) is 23.2 Å². The van der Waals surface area contributed by atoms with Gasteiger partial charge in [-0.1, -0.05) is 32.9 Å². The molecule has 0 amide bonds. The molecule has 0 aromatic rings. The Morgan fingerprint density at radius 3 is 2.50 bits per heavy atom. The molecule has 0 heteroatoms. The second-order valence-electron chi connectivity index (χ2n) is 4.55. The lowest BCUT2D eigenvalue weighted by Gasteiger charge is -2.08. The van der Waals surface area contributed by atoms with Crippen LogP contribution in [-0.2, 0) is 0 Å². The molecule has 0 bridgehead atoms. The first-order chi connectivity index (χ1) is 4.62. The molecule has 0 heterocycles. The fourth-order valence-electron chi connectivity index (χ4n) is 2.41. The Morgan fingerprint density at radius 2 is 2.00 bits per heavy atom. The molecular weight excluding hydrogens is 120 g/mol. The summed E-state index contributed by atoms with van der Waals surface area (Å²) in [5, 5.41) is 0. The van der Waals surface area contributed by atoms with Crippen LogP contribution < -0.4 is 0 Å². The lowest BCUT2D eigenvalue weighted by molar-refractivity contribution is 0.487. The molecule has 2 aliphatic carbocycles. The minimum Gasteiger partial charge on any atom is -0.0854 e. The first kappa shape index (κ1) is 6.45. The van der Waals surface area contributed by atoms with Crippen LogP contribution in [0.25, 0.3) is 0 Å². The summed E-state index contributed by atoms with van der Waals surface area (Å²) in [5.74, 6) is 2.76. The Labute approximate surface area is 63.3 Å². The van der Waals surface area contributed by atoms with Crippen molar-refractivity contribution >= 4 is 0 Å². The van der Waals surface area contributed by atoms with Gasteiger partial charge in [-0.05, 0) is 29.6 Å². The number of fused-ring (bicyclic) bond motifs is 1. The van der Waals surface area contributed by atoms with Gasteiger partial charge in [0.2, 0.25) is 0 Å². The lowest BCUT2D eigenvalue weighted by atomic mass is 9.97. The van der Waals surface area contributed by atoms with Crippen molar-refractivity contribution in [1.29, 1.82) is 0 Å². The van der Waals surface area contributed by atoms with E-state index in [1.807, 2.05) is 0 Å². The van der Waals surface area contributed by atoms with E-state index in [4.69, 9.17) is 0 Å². The van der Waals surface area contributed by atoms with Crippen molar-refractivity contribution in [3.05, 3.63) is 12.2 Å². The van der Waals surface area contributed by atoms with Gasteiger partial charge in [-0.2, -0.15) is 0 Å². The summed E-state index contributed by atoms with van der Waals surface area (Å²) >= 11 is 0. The Bertz CT molecular complexity index is 176. The van der Waals surface area contributed by atoms with Gasteiger partial charge < -0.3 is 0 Å². The predicted molar refractivity (Wildman–Crippen MR) is 43.7 cm³/mol. The monoisotopic (exact) mass is 136 g/mol. The zero-order valence-electron chi connectivity index (χ0n) is 7.09. The van der Waals surface area contributed by atoms with E-state index in [1.54, 1.807) is 0 Å². The van der Waals surface area contributed by atoms with Gasteiger partial charge in [-0.15, -0.1) is 0 Å². The molecule has 0 aromatic heterocycles. The number of rotatable bonds is 0. The minimum absolute atomic E-state index is 0.640. The standard InChI is InChI=1S/C10H16/c1-7-4-5-8-9(6-7)10(8,2)3/h4-5,7-9H,6H2,1-3H3. The molecule has 3 atom stereocenters. The summed E-state index contributed by atoms with van der Waals surface area (Å²) in [6, 6.07) is 0. The molecule has 2 aliphatic rings. The fraction of sp³-hybridized carbons (Fsp3) is 0.800. The van der Waals surface area contributed by atoms with Crippen LogP contribution in [0.1, 0.15) is 27.2 Å². The highest BCUT2D eigenvalue weighted by atomic mass is 14.6. The largest absolute Gasteiger partial charge is 0.0854 e. The van der Waals surface area contributed by atoms with Gasteiger partial charge in [0.1, 0.15) is 0 Å². The molecule has 1 saturated carbocycles. The highest BCUT2D eigenvalue weighted by Gasteiger charge is 2.56. The molecule has 0 aliphatic heterocycles.